The average molecular weight is 302 g/mol. The van der Waals surface area contributed by atoms with Crippen LogP contribution in [0, 0.1) is 0 Å². The van der Waals surface area contributed by atoms with Gasteiger partial charge in [0, 0.05) is 25.6 Å². The number of carbonyl (C=O) groups excluding carboxylic acids is 3. The zero-order chi connectivity index (χ0) is 16.3. The molecular weight excluding hydrogens is 280 g/mol. The third-order valence-electron chi connectivity index (χ3n) is 4.14. The summed E-state index contributed by atoms with van der Waals surface area (Å²) in [4.78, 5) is 37.0. The molecule has 0 radical (unpaired) electrons. The van der Waals surface area contributed by atoms with Gasteiger partial charge in [-0.1, -0.05) is 26.0 Å². The fourth-order valence-corrected chi connectivity index (χ4v) is 2.99. The molecule has 1 atom stereocenters. The third-order valence-corrected chi connectivity index (χ3v) is 4.14. The van der Waals surface area contributed by atoms with Crippen LogP contribution in [0.15, 0.2) is 18.2 Å². The van der Waals surface area contributed by atoms with Crippen molar-refractivity contribution in [1.29, 1.82) is 0 Å². The molecule has 0 aromatic heterocycles. The Bertz CT molecular complexity index is 596. The van der Waals surface area contributed by atoms with Crippen LogP contribution in [0.4, 0.5) is 0 Å². The van der Waals surface area contributed by atoms with Gasteiger partial charge < -0.3 is 15.0 Å². The quantitative estimate of drug-likeness (QED) is 0.816. The molecule has 1 aliphatic rings. The molecule has 1 aromatic rings. The largest absolute Gasteiger partial charge is 0.357 e. The molecule has 0 aliphatic carbocycles. The van der Waals surface area contributed by atoms with E-state index in [1.807, 2.05) is 18.2 Å². The second kappa shape index (κ2) is 6.73. The highest BCUT2D eigenvalue weighted by molar-refractivity contribution is 6.01. The Morgan fingerprint density at radius 2 is 2.14 bits per heavy atom. The van der Waals surface area contributed by atoms with E-state index in [4.69, 9.17) is 0 Å². The monoisotopic (exact) mass is 302 g/mol. The van der Waals surface area contributed by atoms with Crippen molar-refractivity contribution in [2.75, 3.05) is 7.05 Å². The zero-order valence-corrected chi connectivity index (χ0v) is 13.3. The SMILES string of the molecule is CNC(=O)C(CCC=O)N1Cc2c(cccc2C(C)C)C1=O. The Labute approximate surface area is 130 Å². The van der Waals surface area contributed by atoms with Crippen LogP contribution < -0.4 is 5.32 Å². The first-order valence-electron chi connectivity index (χ1n) is 7.59. The van der Waals surface area contributed by atoms with Gasteiger partial charge in [-0.3, -0.25) is 9.59 Å². The van der Waals surface area contributed by atoms with E-state index in [0.29, 0.717) is 24.4 Å². The molecule has 5 nitrogen and oxygen atoms in total. The van der Waals surface area contributed by atoms with E-state index in [2.05, 4.69) is 19.2 Å². The smallest absolute Gasteiger partial charge is 0.255 e. The number of hydrogen-bond donors (Lipinski definition) is 1. The van der Waals surface area contributed by atoms with Crippen LogP contribution >= 0.6 is 0 Å². The van der Waals surface area contributed by atoms with Crippen molar-refractivity contribution in [2.45, 2.75) is 45.2 Å². The fourth-order valence-electron chi connectivity index (χ4n) is 2.99. The van der Waals surface area contributed by atoms with Gasteiger partial charge in [-0.25, -0.2) is 0 Å². The minimum absolute atomic E-state index is 0.128. The molecule has 118 valence electrons. The van der Waals surface area contributed by atoms with Gasteiger partial charge in [0.15, 0.2) is 0 Å². The van der Waals surface area contributed by atoms with Gasteiger partial charge in [0.2, 0.25) is 5.91 Å². The van der Waals surface area contributed by atoms with Crippen LogP contribution in [0.3, 0.4) is 0 Å². The summed E-state index contributed by atoms with van der Waals surface area (Å²) in [6, 6.07) is 5.12. The second-order valence-electron chi connectivity index (χ2n) is 5.84. The van der Waals surface area contributed by atoms with Crippen LogP contribution in [0.2, 0.25) is 0 Å². The summed E-state index contributed by atoms with van der Waals surface area (Å²) in [7, 11) is 1.55. The standard InChI is InChI=1S/C17H22N2O3/c1-11(2)12-6-4-7-13-14(12)10-19(17(13)22)15(8-5-9-20)16(21)18-3/h4,6-7,9,11,15H,5,8,10H2,1-3H3,(H,18,21). The lowest BCUT2D eigenvalue weighted by Gasteiger charge is -2.26. The number of amides is 2. The maximum Gasteiger partial charge on any atom is 0.255 e. The first-order chi connectivity index (χ1) is 10.5. The van der Waals surface area contributed by atoms with E-state index < -0.39 is 6.04 Å². The zero-order valence-electron chi connectivity index (χ0n) is 13.3. The minimum Gasteiger partial charge on any atom is -0.357 e. The molecule has 1 heterocycles. The second-order valence-corrected chi connectivity index (χ2v) is 5.84. The van der Waals surface area contributed by atoms with Crippen molar-refractivity contribution in [3.63, 3.8) is 0 Å². The fraction of sp³-hybridized carbons (Fsp3) is 0.471. The number of aldehydes is 1. The highest BCUT2D eigenvalue weighted by atomic mass is 16.2. The molecule has 0 saturated carbocycles. The maximum atomic E-state index is 12.7. The van der Waals surface area contributed by atoms with E-state index >= 15 is 0 Å². The summed E-state index contributed by atoms with van der Waals surface area (Å²) in [5.41, 5.74) is 2.81. The molecule has 1 N–H and O–H groups in total. The van der Waals surface area contributed by atoms with E-state index in [1.54, 1.807) is 11.9 Å². The number of fused-ring (bicyclic) bond motifs is 1. The van der Waals surface area contributed by atoms with Gasteiger partial charge in [-0.15, -0.1) is 0 Å². The minimum atomic E-state index is -0.602. The van der Waals surface area contributed by atoms with Crippen LogP contribution in [0.1, 0.15) is 54.1 Å². The molecule has 0 fully saturated rings. The van der Waals surface area contributed by atoms with Gasteiger partial charge in [-0.05, 0) is 29.5 Å². The van der Waals surface area contributed by atoms with E-state index in [-0.39, 0.29) is 18.2 Å². The van der Waals surface area contributed by atoms with E-state index in [1.165, 1.54) is 0 Å². The molecule has 0 saturated heterocycles. The molecule has 2 amide bonds. The topological polar surface area (TPSA) is 66.5 Å². The van der Waals surface area contributed by atoms with E-state index in [9.17, 15) is 14.4 Å². The van der Waals surface area contributed by atoms with Crippen LogP contribution in [0.5, 0.6) is 0 Å². The molecule has 5 heteroatoms. The van der Waals surface area contributed by atoms with Gasteiger partial charge in [-0.2, -0.15) is 0 Å². The van der Waals surface area contributed by atoms with Crippen molar-refractivity contribution in [3.05, 3.63) is 34.9 Å². The predicted molar refractivity (Wildman–Crippen MR) is 83.6 cm³/mol. The highest BCUT2D eigenvalue weighted by Crippen LogP contribution is 2.32. The summed E-state index contributed by atoms with van der Waals surface area (Å²) in [6.45, 7) is 4.61. The molecule has 1 unspecified atom stereocenters. The van der Waals surface area contributed by atoms with Crippen molar-refractivity contribution in [3.8, 4) is 0 Å². The average Bonchev–Trinajstić information content (AvgIpc) is 2.84. The lowest BCUT2D eigenvalue weighted by molar-refractivity contribution is -0.125. The van der Waals surface area contributed by atoms with Crippen molar-refractivity contribution in [2.24, 2.45) is 0 Å². The van der Waals surface area contributed by atoms with E-state index in [0.717, 1.165) is 17.4 Å². The Morgan fingerprint density at radius 1 is 1.41 bits per heavy atom. The van der Waals surface area contributed by atoms with Gasteiger partial charge in [0.1, 0.15) is 12.3 Å². The Balaban J connectivity index is 2.34. The number of nitrogens with zero attached hydrogens (tertiary/aromatic N) is 1. The number of hydrogen-bond acceptors (Lipinski definition) is 3. The normalized spacial score (nSPS) is 14.9. The number of carbonyl (C=O) groups is 3. The summed E-state index contributed by atoms with van der Waals surface area (Å²) in [5, 5.41) is 2.59. The lowest BCUT2D eigenvalue weighted by Crippen LogP contribution is -2.46. The summed E-state index contributed by atoms with van der Waals surface area (Å²) >= 11 is 0. The molecule has 2 rings (SSSR count). The summed E-state index contributed by atoms with van der Waals surface area (Å²) in [5.74, 6) is -0.0396. The van der Waals surface area contributed by atoms with Crippen LogP contribution in [0.25, 0.3) is 0 Å². The van der Waals surface area contributed by atoms with Crippen LogP contribution in [-0.2, 0) is 16.1 Å². The maximum absolute atomic E-state index is 12.7. The molecule has 22 heavy (non-hydrogen) atoms. The molecular formula is C17H22N2O3. The molecule has 0 spiro atoms. The lowest BCUT2D eigenvalue weighted by atomic mass is 9.95. The number of nitrogens with one attached hydrogen (secondary N) is 1. The highest BCUT2D eigenvalue weighted by Gasteiger charge is 2.36. The van der Waals surface area contributed by atoms with Crippen LogP contribution in [-0.4, -0.2) is 36.1 Å². The van der Waals surface area contributed by atoms with Gasteiger partial charge in [0.05, 0.1) is 0 Å². The predicted octanol–water partition coefficient (Wildman–Crippen LogP) is 1.86. The van der Waals surface area contributed by atoms with Gasteiger partial charge in [0.25, 0.3) is 5.91 Å². The molecule has 0 bridgehead atoms. The Morgan fingerprint density at radius 3 is 2.73 bits per heavy atom. The number of likely N-dealkylation sites (N-methyl/N-ethyl adjacent to an activating group) is 1. The van der Waals surface area contributed by atoms with Crippen molar-refractivity contribution in [1.82, 2.24) is 10.2 Å². The van der Waals surface area contributed by atoms with Gasteiger partial charge >= 0.3 is 0 Å². The molecule has 1 aromatic carbocycles. The number of rotatable bonds is 6. The van der Waals surface area contributed by atoms with Crippen molar-refractivity contribution >= 4 is 18.1 Å². The van der Waals surface area contributed by atoms with Crippen molar-refractivity contribution < 1.29 is 14.4 Å². The molecule has 1 aliphatic heterocycles. The Hall–Kier alpha value is -2.17. The number of benzene rings is 1. The third kappa shape index (κ3) is 2.89. The summed E-state index contributed by atoms with van der Waals surface area (Å²) in [6.07, 6.45) is 1.39. The Kier molecular flexibility index (Phi) is 4.96. The first-order valence-corrected chi connectivity index (χ1v) is 7.59. The first kappa shape index (κ1) is 16.2. The summed E-state index contributed by atoms with van der Waals surface area (Å²) < 4.78 is 0.